The third kappa shape index (κ3) is 5.73. The summed E-state index contributed by atoms with van der Waals surface area (Å²) in [7, 11) is 3.37. The Morgan fingerprint density at radius 2 is 1.71 bits per heavy atom. The summed E-state index contributed by atoms with van der Waals surface area (Å²) in [5.41, 5.74) is 7.10. The van der Waals surface area contributed by atoms with E-state index in [1.165, 1.54) is 4.90 Å². The van der Waals surface area contributed by atoms with E-state index in [1.54, 1.807) is 31.1 Å². The van der Waals surface area contributed by atoms with Crippen LogP contribution in [0.25, 0.3) is 0 Å². The fourth-order valence-electron chi connectivity index (χ4n) is 1.79. The summed E-state index contributed by atoms with van der Waals surface area (Å²) in [6.45, 7) is 3.11. The minimum atomic E-state index is -0.120. The van der Waals surface area contributed by atoms with E-state index < -0.39 is 0 Å². The van der Waals surface area contributed by atoms with E-state index in [2.05, 4.69) is 0 Å². The fraction of sp³-hybridized carbons (Fsp3) is 0.467. The zero-order valence-corrected chi connectivity index (χ0v) is 13.7. The second-order valence-corrected chi connectivity index (χ2v) is 4.92. The van der Waals surface area contributed by atoms with Gasteiger partial charge in [0.15, 0.2) is 0 Å². The Hall–Kier alpha value is -1.59. The highest BCUT2D eigenvalue weighted by Crippen LogP contribution is 2.08. The number of rotatable bonds is 6. The number of amides is 2. The predicted octanol–water partition coefficient (Wildman–Crippen LogP) is 1.51. The predicted molar refractivity (Wildman–Crippen MR) is 86.5 cm³/mol. The van der Waals surface area contributed by atoms with Gasteiger partial charge >= 0.3 is 0 Å². The van der Waals surface area contributed by atoms with Gasteiger partial charge in [-0.25, -0.2) is 0 Å². The van der Waals surface area contributed by atoms with Crippen LogP contribution >= 0.6 is 12.4 Å². The average Bonchev–Trinajstić information content (AvgIpc) is 2.46. The maximum Gasteiger partial charge on any atom is 0.254 e. The molecule has 0 heterocycles. The summed E-state index contributed by atoms with van der Waals surface area (Å²) >= 11 is 0. The van der Waals surface area contributed by atoms with Gasteiger partial charge in [0.05, 0.1) is 0 Å². The van der Waals surface area contributed by atoms with Gasteiger partial charge in [-0.2, -0.15) is 0 Å². The van der Waals surface area contributed by atoms with E-state index in [0.29, 0.717) is 18.7 Å². The molecule has 0 radical (unpaired) electrons. The topological polar surface area (TPSA) is 66.6 Å². The number of hydrogen-bond acceptors (Lipinski definition) is 3. The Bertz CT molecular complexity index is 460. The van der Waals surface area contributed by atoms with E-state index in [0.717, 1.165) is 12.0 Å². The largest absolute Gasteiger partial charge is 0.347 e. The van der Waals surface area contributed by atoms with Gasteiger partial charge in [-0.15, -0.1) is 12.4 Å². The van der Waals surface area contributed by atoms with Crippen LogP contribution in [0.5, 0.6) is 0 Å². The summed E-state index contributed by atoms with van der Waals surface area (Å²) in [5.74, 6) is -0.198. The molecule has 2 amide bonds. The molecule has 0 aliphatic rings. The molecule has 0 saturated carbocycles. The highest BCUT2D eigenvalue weighted by molar-refractivity contribution is 5.96. The lowest BCUT2D eigenvalue weighted by atomic mass is 10.1. The monoisotopic (exact) mass is 313 g/mol. The third-order valence-electron chi connectivity index (χ3n) is 3.04. The highest BCUT2D eigenvalue weighted by Gasteiger charge is 2.18. The number of nitrogens with two attached hydrogens (primary N) is 1. The van der Waals surface area contributed by atoms with Crippen LogP contribution in [0.1, 0.15) is 29.3 Å². The first-order valence-electron chi connectivity index (χ1n) is 6.78. The molecule has 0 fully saturated rings. The summed E-state index contributed by atoms with van der Waals surface area (Å²) < 4.78 is 0. The number of carbonyl (C=O) groups is 2. The van der Waals surface area contributed by atoms with Gasteiger partial charge in [0.25, 0.3) is 5.91 Å². The number of halogens is 1. The molecule has 0 spiro atoms. The van der Waals surface area contributed by atoms with Crippen molar-refractivity contribution >= 4 is 24.2 Å². The first kappa shape index (κ1) is 19.4. The third-order valence-corrected chi connectivity index (χ3v) is 3.04. The van der Waals surface area contributed by atoms with Crippen LogP contribution in [0.2, 0.25) is 0 Å². The Morgan fingerprint density at radius 3 is 2.14 bits per heavy atom. The molecule has 6 heteroatoms. The SMILES string of the molecule is CCCN(CC(=O)N(C)C)C(=O)c1ccc(CN)cc1.Cl. The Kier molecular flexibility index (Phi) is 8.66. The summed E-state index contributed by atoms with van der Waals surface area (Å²) in [4.78, 5) is 27.3. The Labute approximate surface area is 132 Å². The number of hydrogen-bond donors (Lipinski definition) is 1. The van der Waals surface area contributed by atoms with Crippen LogP contribution in [-0.2, 0) is 11.3 Å². The minimum absolute atomic E-state index is 0. The van der Waals surface area contributed by atoms with Crippen molar-refractivity contribution in [3.8, 4) is 0 Å². The van der Waals surface area contributed by atoms with E-state index in [1.807, 2.05) is 19.1 Å². The number of benzene rings is 1. The number of likely N-dealkylation sites (N-methyl/N-ethyl adjacent to an activating group) is 1. The first-order valence-corrected chi connectivity index (χ1v) is 6.78. The van der Waals surface area contributed by atoms with Gasteiger partial charge in [-0.1, -0.05) is 19.1 Å². The van der Waals surface area contributed by atoms with Crippen LogP contribution in [0.3, 0.4) is 0 Å². The average molecular weight is 314 g/mol. The number of nitrogens with zero attached hydrogens (tertiary/aromatic N) is 2. The zero-order valence-electron chi connectivity index (χ0n) is 12.8. The molecule has 118 valence electrons. The van der Waals surface area contributed by atoms with E-state index in [4.69, 9.17) is 5.73 Å². The van der Waals surface area contributed by atoms with Crippen molar-refractivity contribution in [2.75, 3.05) is 27.2 Å². The molecule has 21 heavy (non-hydrogen) atoms. The smallest absolute Gasteiger partial charge is 0.254 e. The lowest BCUT2D eigenvalue weighted by molar-refractivity contribution is -0.129. The van der Waals surface area contributed by atoms with Gasteiger partial charge in [0.2, 0.25) is 5.91 Å². The van der Waals surface area contributed by atoms with Crippen LogP contribution < -0.4 is 5.73 Å². The summed E-state index contributed by atoms with van der Waals surface area (Å²) in [6, 6.07) is 7.19. The molecule has 1 aromatic rings. The number of carbonyl (C=O) groups excluding carboxylic acids is 2. The molecule has 1 rings (SSSR count). The molecule has 0 aliphatic heterocycles. The molecular weight excluding hydrogens is 290 g/mol. The normalized spacial score (nSPS) is 9.71. The van der Waals surface area contributed by atoms with Crippen molar-refractivity contribution in [3.05, 3.63) is 35.4 Å². The van der Waals surface area contributed by atoms with Crippen molar-refractivity contribution in [1.82, 2.24) is 9.80 Å². The van der Waals surface area contributed by atoms with Gasteiger partial charge in [-0.05, 0) is 24.1 Å². The van der Waals surface area contributed by atoms with E-state index in [9.17, 15) is 9.59 Å². The second kappa shape index (κ2) is 9.37. The minimum Gasteiger partial charge on any atom is -0.347 e. The molecule has 0 saturated heterocycles. The van der Waals surface area contributed by atoms with Crippen molar-refractivity contribution in [2.24, 2.45) is 5.73 Å². The standard InChI is InChI=1S/C15H23N3O2.ClH/c1-4-9-18(11-14(19)17(2)3)15(20)13-7-5-12(10-16)6-8-13;/h5-8H,4,9-11,16H2,1-3H3;1H. The van der Waals surface area contributed by atoms with Crippen LogP contribution in [-0.4, -0.2) is 48.8 Å². The van der Waals surface area contributed by atoms with Gasteiger partial charge in [0, 0.05) is 32.7 Å². The summed E-state index contributed by atoms with van der Waals surface area (Å²) in [5, 5.41) is 0. The molecule has 0 aromatic heterocycles. The van der Waals surface area contributed by atoms with Crippen molar-refractivity contribution in [1.29, 1.82) is 0 Å². The molecule has 0 bridgehead atoms. The quantitative estimate of drug-likeness (QED) is 0.865. The molecular formula is C15H24ClN3O2. The Morgan fingerprint density at radius 1 is 1.14 bits per heavy atom. The molecule has 2 N–H and O–H groups in total. The lowest BCUT2D eigenvalue weighted by Crippen LogP contribution is -2.40. The zero-order chi connectivity index (χ0) is 15.1. The fourth-order valence-corrected chi connectivity index (χ4v) is 1.79. The van der Waals surface area contributed by atoms with Crippen molar-refractivity contribution in [2.45, 2.75) is 19.9 Å². The molecule has 0 atom stereocenters. The van der Waals surface area contributed by atoms with E-state index in [-0.39, 0.29) is 30.8 Å². The van der Waals surface area contributed by atoms with Gasteiger partial charge in [0.1, 0.15) is 6.54 Å². The van der Waals surface area contributed by atoms with Crippen molar-refractivity contribution < 1.29 is 9.59 Å². The van der Waals surface area contributed by atoms with Crippen LogP contribution in [0.4, 0.5) is 0 Å². The molecule has 0 aliphatic carbocycles. The molecule has 1 aromatic carbocycles. The van der Waals surface area contributed by atoms with E-state index >= 15 is 0 Å². The van der Waals surface area contributed by atoms with Crippen LogP contribution in [0, 0.1) is 0 Å². The maximum absolute atomic E-state index is 12.4. The van der Waals surface area contributed by atoms with Crippen LogP contribution in [0.15, 0.2) is 24.3 Å². The lowest BCUT2D eigenvalue weighted by Gasteiger charge is -2.23. The highest BCUT2D eigenvalue weighted by atomic mass is 35.5. The summed E-state index contributed by atoms with van der Waals surface area (Å²) in [6.07, 6.45) is 0.813. The molecule has 5 nitrogen and oxygen atoms in total. The van der Waals surface area contributed by atoms with Crippen molar-refractivity contribution in [3.63, 3.8) is 0 Å². The maximum atomic E-state index is 12.4. The second-order valence-electron chi connectivity index (χ2n) is 4.92. The molecule has 0 unspecified atom stereocenters. The Balaban J connectivity index is 0.00000400. The van der Waals surface area contributed by atoms with Gasteiger partial charge in [-0.3, -0.25) is 9.59 Å². The van der Waals surface area contributed by atoms with Gasteiger partial charge < -0.3 is 15.5 Å². The first-order chi connectivity index (χ1) is 9.49.